The lowest BCUT2D eigenvalue weighted by Gasteiger charge is -2.21. The number of hydrogen-bond acceptors (Lipinski definition) is 2. The molecule has 0 unspecified atom stereocenters. The lowest BCUT2D eigenvalue weighted by atomic mass is 9.93. The maximum Gasteiger partial charge on any atom is 0.303 e. The van der Waals surface area contributed by atoms with Crippen molar-refractivity contribution in [2.24, 2.45) is 5.92 Å². The topological polar surface area (TPSA) is 46.5 Å². The lowest BCUT2D eigenvalue weighted by Crippen LogP contribution is -2.15. The van der Waals surface area contributed by atoms with Gasteiger partial charge < -0.3 is 9.84 Å². The minimum atomic E-state index is -0.667. The molecule has 0 atom stereocenters. The quantitative estimate of drug-likeness (QED) is 0.663. The number of unbranched alkanes of at least 4 members (excludes halogenated alkanes) is 3. The van der Waals surface area contributed by atoms with Crippen molar-refractivity contribution in [2.45, 2.75) is 51.4 Å². The first-order valence-electron chi connectivity index (χ1n) is 6.08. The average molecular weight is 214 g/mol. The maximum absolute atomic E-state index is 10.3. The molecule has 1 saturated heterocycles. The van der Waals surface area contributed by atoms with E-state index in [1.165, 1.54) is 32.1 Å². The van der Waals surface area contributed by atoms with Gasteiger partial charge in [-0.2, -0.15) is 0 Å². The highest BCUT2D eigenvalue weighted by atomic mass is 16.5. The van der Waals surface area contributed by atoms with Crippen molar-refractivity contribution in [1.29, 1.82) is 0 Å². The molecule has 0 bridgehead atoms. The maximum atomic E-state index is 10.3. The van der Waals surface area contributed by atoms with Gasteiger partial charge in [0.25, 0.3) is 0 Å². The Hall–Kier alpha value is -0.570. The second kappa shape index (κ2) is 7.69. The van der Waals surface area contributed by atoms with Crippen LogP contribution in [0, 0.1) is 5.92 Å². The summed E-state index contributed by atoms with van der Waals surface area (Å²) >= 11 is 0. The van der Waals surface area contributed by atoms with Crippen LogP contribution < -0.4 is 0 Å². The van der Waals surface area contributed by atoms with Gasteiger partial charge in [-0.15, -0.1) is 0 Å². The predicted molar refractivity (Wildman–Crippen MR) is 58.9 cm³/mol. The van der Waals surface area contributed by atoms with E-state index in [1.54, 1.807) is 0 Å². The van der Waals surface area contributed by atoms with Gasteiger partial charge in [0.15, 0.2) is 0 Å². The van der Waals surface area contributed by atoms with E-state index < -0.39 is 5.97 Å². The first kappa shape index (κ1) is 12.5. The van der Waals surface area contributed by atoms with Crippen LogP contribution in [0.1, 0.15) is 51.4 Å². The van der Waals surface area contributed by atoms with E-state index in [9.17, 15) is 4.79 Å². The highest BCUT2D eigenvalue weighted by Gasteiger charge is 2.12. The Morgan fingerprint density at radius 2 is 1.80 bits per heavy atom. The molecule has 3 nitrogen and oxygen atoms in total. The van der Waals surface area contributed by atoms with Crippen molar-refractivity contribution in [3.63, 3.8) is 0 Å². The van der Waals surface area contributed by atoms with E-state index in [0.29, 0.717) is 6.42 Å². The van der Waals surface area contributed by atoms with Crippen LogP contribution in [0.15, 0.2) is 0 Å². The summed E-state index contributed by atoms with van der Waals surface area (Å²) in [6, 6.07) is 0. The van der Waals surface area contributed by atoms with Crippen LogP contribution >= 0.6 is 0 Å². The van der Waals surface area contributed by atoms with E-state index in [1.807, 2.05) is 0 Å². The molecule has 0 aromatic carbocycles. The van der Waals surface area contributed by atoms with Gasteiger partial charge >= 0.3 is 5.97 Å². The van der Waals surface area contributed by atoms with Crippen molar-refractivity contribution in [2.75, 3.05) is 13.2 Å². The highest BCUT2D eigenvalue weighted by Crippen LogP contribution is 2.21. The summed E-state index contributed by atoms with van der Waals surface area (Å²) in [4.78, 5) is 10.3. The second-order valence-electron chi connectivity index (χ2n) is 4.40. The Morgan fingerprint density at radius 3 is 2.47 bits per heavy atom. The van der Waals surface area contributed by atoms with E-state index in [-0.39, 0.29) is 0 Å². The standard InChI is InChI=1S/C12H22O3/c13-12(14)6-4-2-1-3-5-11-7-9-15-10-8-11/h11H,1-10H2,(H,13,14). The molecule has 0 saturated carbocycles. The molecule has 0 amide bonds. The van der Waals surface area contributed by atoms with E-state index in [4.69, 9.17) is 9.84 Å². The second-order valence-corrected chi connectivity index (χ2v) is 4.40. The molecule has 0 aliphatic carbocycles. The molecule has 1 rings (SSSR count). The number of carboxylic acid groups (broad SMARTS) is 1. The fraction of sp³-hybridized carbons (Fsp3) is 0.917. The molecule has 88 valence electrons. The Labute approximate surface area is 91.8 Å². The summed E-state index contributed by atoms with van der Waals surface area (Å²) in [7, 11) is 0. The van der Waals surface area contributed by atoms with Crippen molar-refractivity contribution in [3.8, 4) is 0 Å². The fourth-order valence-electron chi connectivity index (χ4n) is 2.10. The number of aliphatic carboxylic acids is 1. The first-order valence-corrected chi connectivity index (χ1v) is 6.08. The molecular weight excluding hydrogens is 192 g/mol. The normalized spacial score (nSPS) is 17.9. The van der Waals surface area contributed by atoms with Crippen LogP contribution in [0.2, 0.25) is 0 Å². The van der Waals surface area contributed by atoms with Crippen LogP contribution in [0.25, 0.3) is 0 Å². The van der Waals surface area contributed by atoms with E-state index >= 15 is 0 Å². The minimum absolute atomic E-state index is 0.331. The number of carbonyl (C=O) groups is 1. The van der Waals surface area contributed by atoms with Gasteiger partial charge in [-0.3, -0.25) is 4.79 Å². The zero-order valence-corrected chi connectivity index (χ0v) is 9.41. The molecule has 0 aromatic rings. The Kier molecular flexibility index (Phi) is 6.41. The number of rotatable bonds is 7. The van der Waals surface area contributed by atoms with E-state index in [0.717, 1.165) is 32.0 Å². The summed E-state index contributed by atoms with van der Waals surface area (Å²) in [5.74, 6) is 0.192. The number of ether oxygens (including phenoxy) is 1. The van der Waals surface area contributed by atoms with Gasteiger partial charge in [0.2, 0.25) is 0 Å². The van der Waals surface area contributed by atoms with Gasteiger partial charge in [0, 0.05) is 19.6 Å². The molecular formula is C12H22O3. The third-order valence-corrected chi connectivity index (χ3v) is 3.09. The predicted octanol–water partition coefficient (Wildman–Crippen LogP) is 2.84. The SMILES string of the molecule is O=C(O)CCCCCCC1CCOCC1. The fourth-order valence-corrected chi connectivity index (χ4v) is 2.10. The van der Waals surface area contributed by atoms with Gasteiger partial charge in [0.05, 0.1) is 0 Å². The third kappa shape index (κ3) is 6.50. The van der Waals surface area contributed by atoms with Crippen molar-refractivity contribution < 1.29 is 14.6 Å². The molecule has 0 aromatic heterocycles. The van der Waals surface area contributed by atoms with Crippen LogP contribution in [-0.4, -0.2) is 24.3 Å². The van der Waals surface area contributed by atoms with Crippen LogP contribution in [0.5, 0.6) is 0 Å². The third-order valence-electron chi connectivity index (χ3n) is 3.09. The number of hydrogen-bond donors (Lipinski definition) is 1. The summed E-state index contributed by atoms with van der Waals surface area (Å²) in [6.07, 6.45) is 8.41. The molecule has 0 spiro atoms. The highest BCUT2D eigenvalue weighted by molar-refractivity contribution is 5.66. The van der Waals surface area contributed by atoms with Crippen LogP contribution in [0.3, 0.4) is 0 Å². The molecule has 0 radical (unpaired) electrons. The number of carboxylic acids is 1. The summed E-state index contributed by atoms with van der Waals surface area (Å²) in [5, 5.41) is 8.46. The van der Waals surface area contributed by atoms with Gasteiger partial charge in [-0.25, -0.2) is 0 Å². The first-order chi connectivity index (χ1) is 7.29. The van der Waals surface area contributed by atoms with Crippen LogP contribution in [-0.2, 0) is 9.53 Å². The zero-order valence-electron chi connectivity index (χ0n) is 9.41. The molecule has 15 heavy (non-hydrogen) atoms. The van der Waals surface area contributed by atoms with Gasteiger partial charge in [-0.05, 0) is 25.2 Å². The molecule has 1 heterocycles. The summed E-state index contributed by atoms with van der Waals surface area (Å²) < 4.78 is 5.31. The Morgan fingerprint density at radius 1 is 1.13 bits per heavy atom. The Balaban J connectivity index is 1.85. The van der Waals surface area contributed by atoms with Crippen molar-refractivity contribution in [1.82, 2.24) is 0 Å². The molecule has 3 heteroatoms. The van der Waals surface area contributed by atoms with E-state index in [2.05, 4.69) is 0 Å². The Bertz CT molecular complexity index is 174. The summed E-state index contributed by atoms with van der Waals surface area (Å²) in [6.45, 7) is 1.87. The van der Waals surface area contributed by atoms with Crippen molar-refractivity contribution >= 4 is 5.97 Å². The molecule has 1 aliphatic rings. The molecule has 1 fully saturated rings. The van der Waals surface area contributed by atoms with Gasteiger partial charge in [-0.1, -0.05) is 25.7 Å². The largest absolute Gasteiger partial charge is 0.481 e. The van der Waals surface area contributed by atoms with Gasteiger partial charge in [0.1, 0.15) is 0 Å². The van der Waals surface area contributed by atoms with Crippen LogP contribution in [0.4, 0.5) is 0 Å². The average Bonchev–Trinajstić information content (AvgIpc) is 2.24. The smallest absolute Gasteiger partial charge is 0.303 e. The monoisotopic (exact) mass is 214 g/mol. The molecule has 1 N–H and O–H groups in total. The summed E-state index contributed by atoms with van der Waals surface area (Å²) in [5.41, 5.74) is 0. The zero-order chi connectivity index (χ0) is 10.9. The lowest BCUT2D eigenvalue weighted by molar-refractivity contribution is -0.137. The minimum Gasteiger partial charge on any atom is -0.481 e. The van der Waals surface area contributed by atoms with Crippen molar-refractivity contribution in [3.05, 3.63) is 0 Å². The molecule has 1 aliphatic heterocycles.